The number of halogens is 1. The van der Waals surface area contributed by atoms with Crippen molar-refractivity contribution in [3.8, 4) is 5.75 Å². The quantitative estimate of drug-likeness (QED) is 0.680. The Bertz CT molecular complexity index is 1330. The molecule has 2 fully saturated rings. The molecule has 0 spiro atoms. The predicted molar refractivity (Wildman–Crippen MR) is 120 cm³/mol. The minimum Gasteiger partial charge on any atom is -0.489 e. The lowest BCUT2D eigenvalue weighted by molar-refractivity contribution is -0.122. The van der Waals surface area contributed by atoms with Crippen molar-refractivity contribution >= 4 is 29.3 Å². The third kappa shape index (κ3) is 3.57. The molecular formula is C25H21FN4O5. The van der Waals surface area contributed by atoms with Crippen molar-refractivity contribution in [3.05, 3.63) is 70.5 Å². The van der Waals surface area contributed by atoms with E-state index in [0.717, 1.165) is 39.8 Å². The minimum absolute atomic E-state index is 0.0164. The van der Waals surface area contributed by atoms with Gasteiger partial charge in [-0.3, -0.25) is 24.6 Å². The molecule has 5 amide bonds. The van der Waals surface area contributed by atoms with Crippen molar-refractivity contribution in [2.45, 2.75) is 13.0 Å². The van der Waals surface area contributed by atoms with Gasteiger partial charge in [0.05, 0.1) is 17.7 Å². The van der Waals surface area contributed by atoms with E-state index in [2.05, 4.69) is 10.2 Å². The van der Waals surface area contributed by atoms with Gasteiger partial charge in [-0.05, 0) is 41.5 Å². The number of carbonyl (C=O) groups is 4. The van der Waals surface area contributed by atoms with Gasteiger partial charge in [-0.2, -0.15) is 5.01 Å². The fourth-order valence-corrected chi connectivity index (χ4v) is 5.06. The minimum atomic E-state index is -0.783. The topological polar surface area (TPSA) is 99.3 Å². The largest absolute Gasteiger partial charge is 0.489 e. The zero-order valence-corrected chi connectivity index (χ0v) is 18.6. The Morgan fingerprint density at radius 3 is 2.54 bits per heavy atom. The van der Waals surface area contributed by atoms with Crippen molar-refractivity contribution in [2.75, 3.05) is 26.2 Å². The Kier molecular flexibility index (Phi) is 4.92. The van der Waals surface area contributed by atoms with Gasteiger partial charge >= 0.3 is 6.03 Å². The summed E-state index contributed by atoms with van der Waals surface area (Å²) in [6.07, 6.45) is 2.06. The predicted octanol–water partition coefficient (Wildman–Crippen LogP) is 2.19. The molecule has 1 N–H and O–H groups in total. The summed E-state index contributed by atoms with van der Waals surface area (Å²) in [7, 11) is 0. The van der Waals surface area contributed by atoms with Crippen LogP contribution in [0.4, 0.5) is 9.18 Å². The number of hydrazine groups is 1. The number of benzene rings is 2. The molecule has 178 valence electrons. The van der Waals surface area contributed by atoms with Gasteiger partial charge in [0, 0.05) is 43.6 Å². The Labute approximate surface area is 199 Å². The van der Waals surface area contributed by atoms with E-state index < -0.39 is 23.8 Å². The highest BCUT2D eigenvalue weighted by Gasteiger charge is 2.43. The molecule has 0 aliphatic carbocycles. The van der Waals surface area contributed by atoms with Crippen molar-refractivity contribution in [3.63, 3.8) is 0 Å². The summed E-state index contributed by atoms with van der Waals surface area (Å²) in [5.41, 5.74) is 3.45. The number of hydrogen-bond donors (Lipinski definition) is 1. The first-order valence-electron chi connectivity index (χ1n) is 11.4. The highest BCUT2D eigenvalue weighted by molar-refractivity contribution is 6.22. The van der Waals surface area contributed by atoms with E-state index in [1.807, 2.05) is 12.1 Å². The van der Waals surface area contributed by atoms with Crippen LogP contribution < -0.4 is 10.1 Å². The number of ether oxygens (including phenoxy) is 1. The second-order valence-electron chi connectivity index (χ2n) is 9.03. The van der Waals surface area contributed by atoms with Crippen molar-refractivity contribution < 1.29 is 28.3 Å². The Balaban J connectivity index is 1.13. The fraction of sp³-hybridized carbons (Fsp3) is 0.280. The number of nitrogens with zero attached hydrogens (tertiary/aromatic N) is 3. The molecule has 0 bridgehead atoms. The second-order valence-corrected chi connectivity index (χ2v) is 9.03. The molecule has 4 aliphatic rings. The van der Waals surface area contributed by atoms with Gasteiger partial charge in [-0.15, -0.1) is 0 Å². The van der Waals surface area contributed by atoms with Crippen LogP contribution >= 0.6 is 0 Å². The van der Waals surface area contributed by atoms with Crippen LogP contribution in [-0.2, 0) is 11.3 Å². The molecule has 4 aliphatic heterocycles. The van der Waals surface area contributed by atoms with E-state index in [1.54, 1.807) is 18.2 Å². The van der Waals surface area contributed by atoms with E-state index in [1.165, 1.54) is 12.1 Å². The molecule has 0 saturated carbocycles. The smallest absolute Gasteiger partial charge is 0.343 e. The third-order valence-electron chi connectivity index (χ3n) is 6.80. The van der Waals surface area contributed by atoms with Crippen LogP contribution in [0.25, 0.3) is 5.57 Å². The molecule has 0 atom stereocenters. The van der Waals surface area contributed by atoms with Crippen LogP contribution in [0.3, 0.4) is 0 Å². The average Bonchev–Trinajstić information content (AvgIpc) is 3.05. The standard InChI is InChI=1S/C25H21FN4O5/c26-16-2-4-18-17(6-8-35-21(18)10-16)15-12-28(13-15)11-14-1-3-19-20(9-14)24(33)30(23(19)32)29-7-5-22(31)27-25(29)34/h1-4,6,9-10,15H,5,7-8,11-13H2,(H,27,31,34). The summed E-state index contributed by atoms with van der Waals surface area (Å²) >= 11 is 0. The lowest BCUT2D eigenvalue weighted by Crippen LogP contribution is -2.58. The molecule has 4 heterocycles. The molecule has 2 aromatic rings. The number of carbonyl (C=O) groups excluding carboxylic acids is 4. The van der Waals surface area contributed by atoms with Crippen LogP contribution in [0.15, 0.2) is 42.5 Å². The van der Waals surface area contributed by atoms with Gasteiger partial charge < -0.3 is 4.74 Å². The summed E-state index contributed by atoms with van der Waals surface area (Å²) in [6, 6.07) is 8.95. The van der Waals surface area contributed by atoms with E-state index in [4.69, 9.17) is 4.74 Å². The number of urea groups is 1. The number of nitrogens with one attached hydrogen (secondary N) is 1. The maximum absolute atomic E-state index is 13.5. The van der Waals surface area contributed by atoms with Crippen molar-refractivity contribution in [1.82, 2.24) is 20.2 Å². The van der Waals surface area contributed by atoms with E-state index >= 15 is 0 Å². The molecule has 6 rings (SSSR count). The molecule has 0 unspecified atom stereocenters. The summed E-state index contributed by atoms with van der Waals surface area (Å²) in [4.78, 5) is 51.6. The fourth-order valence-electron chi connectivity index (χ4n) is 5.06. The zero-order chi connectivity index (χ0) is 24.3. The molecule has 0 aromatic heterocycles. The Hall–Kier alpha value is -4.05. The lowest BCUT2D eigenvalue weighted by atomic mass is 9.84. The second kappa shape index (κ2) is 8.02. The highest BCUT2D eigenvalue weighted by atomic mass is 19.1. The first kappa shape index (κ1) is 21.5. The molecule has 35 heavy (non-hydrogen) atoms. The molecule has 10 heteroatoms. The van der Waals surface area contributed by atoms with Gasteiger partial charge in [-0.25, -0.2) is 14.2 Å². The number of fused-ring (bicyclic) bond motifs is 2. The van der Waals surface area contributed by atoms with Crippen LogP contribution in [0.2, 0.25) is 0 Å². The normalized spacial score (nSPS) is 20.2. The highest BCUT2D eigenvalue weighted by Crippen LogP contribution is 2.39. The Morgan fingerprint density at radius 1 is 0.971 bits per heavy atom. The molecule has 2 aromatic carbocycles. The molecule has 2 saturated heterocycles. The van der Waals surface area contributed by atoms with Gasteiger partial charge in [0.2, 0.25) is 5.91 Å². The SMILES string of the molecule is O=C1CCN(N2C(=O)c3ccc(CN4CC(C5=CCOc6cc(F)ccc65)C4)cc3C2=O)C(=O)N1. The maximum Gasteiger partial charge on any atom is 0.343 e. The number of likely N-dealkylation sites (tertiary alicyclic amines) is 1. The molecule has 9 nitrogen and oxygen atoms in total. The van der Waals surface area contributed by atoms with Gasteiger partial charge in [0.15, 0.2) is 0 Å². The van der Waals surface area contributed by atoms with E-state index in [9.17, 15) is 23.6 Å². The monoisotopic (exact) mass is 476 g/mol. The zero-order valence-electron chi connectivity index (χ0n) is 18.6. The third-order valence-corrected chi connectivity index (χ3v) is 6.80. The van der Waals surface area contributed by atoms with Gasteiger partial charge in [0.1, 0.15) is 18.2 Å². The molecular weight excluding hydrogens is 455 g/mol. The van der Waals surface area contributed by atoms with Crippen LogP contribution in [0.5, 0.6) is 5.75 Å². The van der Waals surface area contributed by atoms with Crippen LogP contribution in [0, 0.1) is 11.7 Å². The lowest BCUT2D eigenvalue weighted by Gasteiger charge is -2.41. The summed E-state index contributed by atoms with van der Waals surface area (Å²) < 4.78 is 19.1. The van der Waals surface area contributed by atoms with E-state index in [0.29, 0.717) is 24.8 Å². The van der Waals surface area contributed by atoms with Crippen LogP contribution in [-0.4, -0.2) is 64.9 Å². The number of rotatable bonds is 4. The number of amides is 5. The Morgan fingerprint density at radius 2 is 1.74 bits per heavy atom. The number of hydrogen-bond acceptors (Lipinski definition) is 6. The summed E-state index contributed by atoms with van der Waals surface area (Å²) in [5.74, 6) is -1.04. The average molecular weight is 476 g/mol. The first-order valence-corrected chi connectivity index (χ1v) is 11.4. The maximum atomic E-state index is 13.5. The van der Waals surface area contributed by atoms with Crippen molar-refractivity contribution in [1.29, 1.82) is 0 Å². The van der Waals surface area contributed by atoms with Gasteiger partial charge in [0.25, 0.3) is 11.8 Å². The van der Waals surface area contributed by atoms with Crippen LogP contribution in [0.1, 0.15) is 38.3 Å². The van der Waals surface area contributed by atoms with E-state index in [-0.39, 0.29) is 29.9 Å². The van der Waals surface area contributed by atoms with Crippen molar-refractivity contribution in [2.24, 2.45) is 5.92 Å². The number of imide groups is 2. The summed E-state index contributed by atoms with van der Waals surface area (Å²) in [6.45, 7) is 2.60. The summed E-state index contributed by atoms with van der Waals surface area (Å²) in [5, 5.41) is 3.93. The van der Waals surface area contributed by atoms with Gasteiger partial charge in [-0.1, -0.05) is 6.07 Å². The molecule has 0 radical (unpaired) electrons. The first-order chi connectivity index (χ1) is 16.9.